The fourth-order valence-electron chi connectivity index (χ4n) is 2.92. The molecular weight excluding hydrogens is 412 g/mol. The Morgan fingerprint density at radius 2 is 1.83 bits per heavy atom. The van der Waals surface area contributed by atoms with Crippen LogP contribution in [0.4, 0.5) is 0 Å². The Bertz CT molecular complexity index is 1120. The molecule has 0 radical (unpaired) electrons. The van der Waals surface area contributed by atoms with Crippen molar-refractivity contribution in [1.82, 2.24) is 10.3 Å². The van der Waals surface area contributed by atoms with Crippen molar-refractivity contribution in [2.45, 2.75) is 31.0 Å². The van der Waals surface area contributed by atoms with E-state index in [2.05, 4.69) is 41.5 Å². The van der Waals surface area contributed by atoms with Crippen molar-refractivity contribution in [2.24, 2.45) is 0 Å². The smallest absolute Gasteiger partial charge is 0.251 e. The number of carbonyl (C=O) groups excluding carboxylic acids is 1. The Kier molecular flexibility index (Phi) is 6.35. The van der Waals surface area contributed by atoms with Gasteiger partial charge in [-0.05, 0) is 61.7 Å². The van der Waals surface area contributed by atoms with Crippen molar-refractivity contribution in [3.8, 4) is 11.5 Å². The number of nitrogens with one attached hydrogen (secondary N) is 1. The molecule has 2 aromatic heterocycles. The highest BCUT2D eigenvalue weighted by Gasteiger charge is 2.13. The topological polar surface area (TPSA) is 55.1 Å². The molecule has 4 aromatic rings. The first-order chi connectivity index (χ1) is 14.6. The lowest BCUT2D eigenvalue weighted by atomic mass is 10.1. The van der Waals surface area contributed by atoms with Crippen LogP contribution in [-0.2, 0) is 12.3 Å². The second-order valence-corrected chi connectivity index (χ2v) is 9.04. The zero-order valence-electron chi connectivity index (χ0n) is 16.8. The standard InChI is InChI=1S/C24H22N2O2S2/c1-16-5-11-20(12-6-16)30-15-22-17(2)28-24(26-22)19-9-7-18(8-10-19)23(27)25-14-21-4-3-13-29-21/h3-13H,14-15H2,1-2H3,(H,25,27). The van der Waals surface area contributed by atoms with Crippen LogP contribution in [0.15, 0.2) is 75.4 Å². The summed E-state index contributed by atoms with van der Waals surface area (Å²) in [5.74, 6) is 2.07. The number of thioether (sulfide) groups is 1. The van der Waals surface area contributed by atoms with Gasteiger partial charge >= 0.3 is 0 Å². The predicted molar refractivity (Wildman–Crippen MR) is 123 cm³/mol. The number of aryl methyl sites for hydroxylation is 2. The van der Waals surface area contributed by atoms with Gasteiger partial charge in [-0.2, -0.15) is 0 Å². The van der Waals surface area contributed by atoms with Crippen LogP contribution in [0.3, 0.4) is 0 Å². The van der Waals surface area contributed by atoms with Gasteiger partial charge in [0.1, 0.15) is 5.76 Å². The molecule has 0 aliphatic heterocycles. The fourth-order valence-corrected chi connectivity index (χ4v) is 4.46. The van der Waals surface area contributed by atoms with Crippen LogP contribution in [-0.4, -0.2) is 10.9 Å². The van der Waals surface area contributed by atoms with Crippen molar-refractivity contribution in [3.05, 3.63) is 93.5 Å². The molecule has 1 N–H and O–H groups in total. The first kappa shape index (κ1) is 20.4. The van der Waals surface area contributed by atoms with E-state index in [-0.39, 0.29) is 5.91 Å². The average Bonchev–Trinajstić information content (AvgIpc) is 3.41. The minimum Gasteiger partial charge on any atom is -0.441 e. The van der Waals surface area contributed by atoms with E-state index >= 15 is 0 Å². The normalized spacial score (nSPS) is 10.9. The second-order valence-electron chi connectivity index (χ2n) is 6.96. The highest BCUT2D eigenvalue weighted by atomic mass is 32.2. The molecule has 0 saturated carbocycles. The summed E-state index contributed by atoms with van der Waals surface area (Å²) in [7, 11) is 0. The van der Waals surface area contributed by atoms with E-state index in [0.29, 0.717) is 18.0 Å². The molecule has 4 rings (SSSR count). The molecule has 6 heteroatoms. The van der Waals surface area contributed by atoms with Gasteiger partial charge < -0.3 is 9.73 Å². The summed E-state index contributed by atoms with van der Waals surface area (Å²) in [5.41, 5.74) is 3.67. The van der Waals surface area contributed by atoms with Crippen LogP contribution >= 0.6 is 23.1 Å². The van der Waals surface area contributed by atoms with Crippen molar-refractivity contribution in [1.29, 1.82) is 0 Å². The van der Waals surface area contributed by atoms with E-state index in [1.54, 1.807) is 35.2 Å². The lowest BCUT2D eigenvalue weighted by Crippen LogP contribution is -2.22. The molecule has 152 valence electrons. The third-order valence-electron chi connectivity index (χ3n) is 4.69. The van der Waals surface area contributed by atoms with Crippen LogP contribution in [0.5, 0.6) is 0 Å². The molecule has 0 saturated heterocycles. The molecule has 0 aliphatic carbocycles. The quantitative estimate of drug-likeness (QED) is 0.350. The minimum atomic E-state index is -0.0891. The van der Waals surface area contributed by atoms with Gasteiger partial charge in [-0.15, -0.1) is 23.1 Å². The first-order valence-electron chi connectivity index (χ1n) is 9.65. The molecule has 1 amide bonds. The molecule has 0 spiro atoms. The molecule has 0 aliphatic rings. The summed E-state index contributed by atoms with van der Waals surface area (Å²) >= 11 is 3.37. The number of hydrogen-bond acceptors (Lipinski definition) is 5. The molecule has 2 aromatic carbocycles. The van der Waals surface area contributed by atoms with Gasteiger partial charge in [0.15, 0.2) is 0 Å². The SMILES string of the molecule is Cc1ccc(SCc2nc(-c3ccc(C(=O)NCc4cccs4)cc3)oc2C)cc1. The van der Waals surface area contributed by atoms with Gasteiger partial charge in [0.2, 0.25) is 5.89 Å². The Labute approximate surface area is 184 Å². The summed E-state index contributed by atoms with van der Waals surface area (Å²) < 4.78 is 5.88. The first-order valence-corrected chi connectivity index (χ1v) is 11.5. The fraction of sp³-hybridized carbons (Fsp3) is 0.167. The van der Waals surface area contributed by atoms with Gasteiger partial charge in [0.05, 0.1) is 12.2 Å². The third kappa shape index (κ3) is 5.01. The number of carbonyl (C=O) groups is 1. The van der Waals surface area contributed by atoms with Gasteiger partial charge in [0.25, 0.3) is 5.91 Å². The third-order valence-corrected chi connectivity index (χ3v) is 6.59. The van der Waals surface area contributed by atoms with Gasteiger partial charge in [0, 0.05) is 26.7 Å². The summed E-state index contributed by atoms with van der Waals surface area (Å²) in [6, 6.07) is 19.8. The zero-order chi connectivity index (χ0) is 20.9. The van der Waals surface area contributed by atoms with Crippen molar-refractivity contribution < 1.29 is 9.21 Å². The molecule has 2 heterocycles. The van der Waals surface area contributed by atoms with Crippen LogP contribution < -0.4 is 5.32 Å². The predicted octanol–water partition coefficient (Wildman–Crippen LogP) is 6.24. The van der Waals surface area contributed by atoms with Gasteiger partial charge in [-0.3, -0.25) is 4.79 Å². The van der Waals surface area contributed by atoms with Crippen LogP contribution in [0.2, 0.25) is 0 Å². The van der Waals surface area contributed by atoms with Crippen molar-refractivity contribution in [2.75, 3.05) is 0 Å². The second kappa shape index (κ2) is 9.32. The van der Waals surface area contributed by atoms with E-state index in [0.717, 1.165) is 27.6 Å². The Hall–Kier alpha value is -2.83. The van der Waals surface area contributed by atoms with E-state index in [1.165, 1.54) is 10.5 Å². The van der Waals surface area contributed by atoms with Crippen LogP contribution in [0, 0.1) is 13.8 Å². The van der Waals surface area contributed by atoms with Gasteiger partial charge in [-0.1, -0.05) is 23.8 Å². The molecule has 0 fully saturated rings. The van der Waals surface area contributed by atoms with Crippen molar-refractivity contribution in [3.63, 3.8) is 0 Å². The number of amides is 1. The molecular formula is C24H22N2O2S2. The molecule has 0 unspecified atom stereocenters. The van der Waals surface area contributed by atoms with Crippen LogP contribution in [0.1, 0.15) is 32.3 Å². The number of benzene rings is 2. The van der Waals surface area contributed by atoms with Gasteiger partial charge in [-0.25, -0.2) is 4.98 Å². The zero-order valence-corrected chi connectivity index (χ0v) is 18.5. The van der Waals surface area contributed by atoms with E-state index in [1.807, 2.05) is 36.6 Å². The number of nitrogens with zero attached hydrogens (tertiary/aromatic N) is 1. The summed E-state index contributed by atoms with van der Waals surface area (Å²) in [6.45, 7) is 4.56. The molecule has 0 atom stereocenters. The van der Waals surface area contributed by atoms with E-state index in [9.17, 15) is 4.79 Å². The van der Waals surface area contributed by atoms with E-state index in [4.69, 9.17) is 4.42 Å². The Morgan fingerprint density at radius 3 is 2.53 bits per heavy atom. The number of hydrogen-bond donors (Lipinski definition) is 1. The number of thiophene rings is 1. The highest BCUT2D eigenvalue weighted by molar-refractivity contribution is 7.98. The number of rotatable bonds is 7. The highest BCUT2D eigenvalue weighted by Crippen LogP contribution is 2.28. The Balaban J connectivity index is 1.39. The lowest BCUT2D eigenvalue weighted by molar-refractivity contribution is 0.0951. The van der Waals surface area contributed by atoms with E-state index < -0.39 is 0 Å². The molecule has 0 bridgehead atoms. The summed E-state index contributed by atoms with van der Waals surface area (Å²) in [5, 5.41) is 4.94. The Morgan fingerprint density at radius 1 is 1.07 bits per heavy atom. The summed E-state index contributed by atoms with van der Waals surface area (Å²) in [4.78, 5) is 19.4. The summed E-state index contributed by atoms with van der Waals surface area (Å²) in [6.07, 6.45) is 0. The molecule has 4 nitrogen and oxygen atoms in total. The number of aromatic nitrogens is 1. The maximum atomic E-state index is 12.3. The minimum absolute atomic E-state index is 0.0891. The maximum absolute atomic E-state index is 12.3. The largest absolute Gasteiger partial charge is 0.441 e. The average molecular weight is 435 g/mol. The molecule has 30 heavy (non-hydrogen) atoms. The number of oxazole rings is 1. The van der Waals surface area contributed by atoms with Crippen molar-refractivity contribution >= 4 is 29.0 Å². The monoisotopic (exact) mass is 434 g/mol. The van der Waals surface area contributed by atoms with Crippen LogP contribution in [0.25, 0.3) is 11.5 Å². The maximum Gasteiger partial charge on any atom is 0.251 e. The lowest BCUT2D eigenvalue weighted by Gasteiger charge is -2.04.